The molecule has 1 heterocycles. The molecule has 0 aliphatic carbocycles. The topological polar surface area (TPSA) is 83.6 Å². The van der Waals surface area contributed by atoms with E-state index in [1.165, 1.54) is 0 Å². The van der Waals surface area contributed by atoms with Gasteiger partial charge in [-0.3, -0.25) is 9.59 Å². The predicted octanol–water partition coefficient (Wildman–Crippen LogP) is 2.24. The van der Waals surface area contributed by atoms with Gasteiger partial charge in [0, 0.05) is 17.6 Å². The van der Waals surface area contributed by atoms with Crippen LogP contribution >= 0.6 is 15.9 Å². The number of hydrogen-bond acceptors (Lipinski definition) is 3. The summed E-state index contributed by atoms with van der Waals surface area (Å²) in [6, 6.07) is 5.23. The van der Waals surface area contributed by atoms with E-state index in [1.807, 2.05) is 17.9 Å². The van der Waals surface area contributed by atoms with Crippen molar-refractivity contribution in [2.75, 3.05) is 18.0 Å². The van der Waals surface area contributed by atoms with Crippen molar-refractivity contribution in [1.29, 1.82) is 0 Å². The number of carbonyl (C=O) groups excluding carboxylic acids is 1. The van der Waals surface area contributed by atoms with E-state index < -0.39 is 17.3 Å². The molecule has 6 heteroatoms. The molecule has 0 radical (unpaired) electrons. The molecular formula is C14H17BrN2O3. The van der Waals surface area contributed by atoms with Gasteiger partial charge in [-0.1, -0.05) is 22.9 Å². The highest BCUT2D eigenvalue weighted by Crippen LogP contribution is 2.38. The van der Waals surface area contributed by atoms with Gasteiger partial charge < -0.3 is 15.7 Å². The highest BCUT2D eigenvalue weighted by atomic mass is 79.9. The number of aliphatic carboxylic acids is 1. The Morgan fingerprint density at radius 1 is 1.50 bits per heavy atom. The van der Waals surface area contributed by atoms with E-state index in [1.54, 1.807) is 12.1 Å². The number of carboxylic acids is 1. The second kappa shape index (κ2) is 5.44. The first kappa shape index (κ1) is 14.8. The molecule has 1 aliphatic heterocycles. The van der Waals surface area contributed by atoms with Crippen molar-refractivity contribution >= 4 is 33.5 Å². The van der Waals surface area contributed by atoms with E-state index in [0.29, 0.717) is 37.2 Å². The SMILES string of the molecule is CCC1(C(=O)O)CCN(c2cc(Br)ccc2C(N)=O)C1. The van der Waals surface area contributed by atoms with Gasteiger partial charge in [0.15, 0.2) is 0 Å². The van der Waals surface area contributed by atoms with Crippen LogP contribution in [0.3, 0.4) is 0 Å². The first-order valence-electron chi connectivity index (χ1n) is 6.47. The van der Waals surface area contributed by atoms with Crippen LogP contribution in [0.25, 0.3) is 0 Å². The van der Waals surface area contributed by atoms with Crippen LogP contribution in [-0.4, -0.2) is 30.1 Å². The number of anilines is 1. The van der Waals surface area contributed by atoms with Gasteiger partial charge in [0.25, 0.3) is 5.91 Å². The van der Waals surface area contributed by atoms with E-state index in [0.717, 1.165) is 4.47 Å². The molecule has 0 spiro atoms. The van der Waals surface area contributed by atoms with Gasteiger partial charge in [-0.15, -0.1) is 0 Å². The first-order valence-corrected chi connectivity index (χ1v) is 7.26. The van der Waals surface area contributed by atoms with Crippen LogP contribution in [0.2, 0.25) is 0 Å². The minimum Gasteiger partial charge on any atom is -0.481 e. The summed E-state index contributed by atoms with van der Waals surface area (Å²) in [6.07, 6.45) is 1.14. The molecule has 1 fully saturated rings. The second-order valence-electron chi connectivity index (χ2n) is 5.14. The Morgan fingerprint density at radius 3 is 2.70 bits per heavy atom. The number of hydrogen-bond donors (Lipinski definition) is 2. The molecule has 2 rings (SSSR count). The number of halogens is 1. The van der Waals surface area contributed by atoms with Crippen LogP contribution in [0.4, 0.5) is 5.69 Å². The van der Waals surface area contributed by atoms with E-state index in [2.05, 4.69) is 15.9 Å². The van der Waals surface area contributed by atoms with Crippen molar-refractivity contribution in [3.05, 3.63) is 28.2 Å². The number of amides is 1. The molecule has 1 atom stereocenters. The fraction of sp³-hybridized carbons (Fsp3) is 0.429. The molecule has 1 aliphatic rings. The lowest BCUT2D eigenvalue weighted by atomic mass is 9.84. The monoisotopic (exact) mass is 340 g/mol. The summed E-state index contributed by atoms with van der Waals surface area (Å²) in [5, 5.41) is 9.43. The molecule has 0 saturated carbocycles. The highest BCUT2D eigenvalue weighted by Gasteiger charge is 2.43. The second-order valence-corrected chi connectivity index (χ2v) is 6.05. The number of primary amides is 1. The molecule has 1 aromatic rings. The number of benzene rings is 1. The predicted molar refractivity (Wildman–Crippen MR) is 79.8 cm³/mol. The normalized spacial score (nSPS) is 22.0. The lowest BCUT2D eigenvalue weighted by Gasteiger charge is -2.25. The van der Waals surface area contributed by atoms with Gasteiger partial charge >= 0.3 is 5.97 Å². The van der Waals surface area contributed by atoms with Gasteiger partial charge in [-0.2, -0.15) is 0 Å². The highest BCUT2D eigenvalue weighted by molar-refractivity contribution is 9.10. The molecule has 108 valence electrons. The van der Waals surface area contributed by atoms with E-state index in [-0.39, 0.29) is 0 Å². The van der Waals surface area contributed by atoms with E-state index in [9.17, 15) is 14.7 Å². The Labute approximate surface area is 125 Å². The number of rotatable bonds is 4. The van der Waals surface area contributed by atoms with Crippen molar-refractivity contribution in [2.24, 2.45) is 11.1 Å². The summed E-state index contributed by atoms with van der Waals surface area (Å²) in [5.41, 5.74) is 5.78. The largest absolute Gasteiger partial charge is 0.481 e. The smallest absolute Gasteiger partial charge is 0.311 e. The zero-order valence-corrected chi connectivity index (χ0v) is 12.8. The molecule has 20 heavy (non-hydrogen) atoms. The molecular weight excluding hydrogens is 324 g/mol. The van der Waals surface area contributed by atoms with Crippen LogP contribution in [0, 0.1) is 5.41 Å². The third kappa shape index (κ3) is 2.52. The number of nitrogens with two attached hydrogens (primary N) is 1. The molecule has 0 bridgehead atoms. The number of carboxylic acid groups (broad SMARTS) is 1. The quantitative estimate of drug-likeness (QED) is 0.880. The Morgan fingerprint density at radius 2 is 2.20 bits per heavy atom. The zero-order chi connectivity index (χ0) is 14.9. The Bertz CT molecular complexity index is 561. The standard InChI is InChI=1S/C14H17BrN2O3/c1-2-14(13(19)20)5-6-17(8-14)11-7-9(15)3-4-10(11)12(16)18/h3-4,7H,2,5-6,8H2,1H3,(H2,16,18)(H,19,20). The lowest BCUT2D eigenvalue weighted by Crippen LogP contribution is -2.34. The third-order valence-corrected chi connectivity index (χ3v) is 4.54. The summed E-state index contributed by atoms with van der Waals surface area (Å²) in [4.78, 5) is 24.9. The number of carbonyl (C=O) groups is 2. The average molecular weight is 341 g/mol. The van der Waals surface area contributed by atoms with Gasteiger partial charge in [-0.25, -0.2) is 0 Å². The maximum absolute atomic E-state index is 11.5. The maximum Gasteiger partial charge on any atom is 0.311 e. The Hall–Kier alpha value is -1.56. The van der Waals surface area contributed by atoms with Crippen molar-refractivity contribution < 1.29 is 14.7 Å². The Balaban J connectivity index is 2.37. The molecule has 1 saturated heterocycles. The van der Waals surface area contributed by atoms with Crippen LogP contribution in [0.15, 0.2) is 22.7 Å². The molecule has 1 unspecified atom stereocenters. The van der Waals surface area contributed by atoms with Gasteiger partial charge in [0.1, 0.15) is 0 Å². The minimum absolute atomic E-state index is 0.398. The molecule has 1 amide bonds. The molecule has 1 aromatic carbocycles. The van der Waals surface area contributed by atoms with Gasteiger partial charge in [0.2, 0.25) is 0 Å². The third-order valence-electron chi connectivity index (χ3n) is 4.05. The molecule has 3 N–H and O–H groups in total. The maximum atomic E-state index is 11.5. The van der Waals surface area contributed by atoms with Gasteiger partial charge in [-0.05, 0) is 31.0 Å². The van der Waals surface area contributed by atoms with Crippen LogP contribution in [-0.2, 0) is 4.79 Å². The van der Waals surface area contributed by atoms with Gasteiger partial charge in [0.05, 0.1) is 16.7 Å². The Kier molecular flexibility index (Phi) is 4.04. The fourth-order valence-corrected chi connectivity index (χ4v) is 3.02. The van der Waals surface area contributed by atoms with Crippen LogP contribution < -0.4 is 10.6 Å². The summed E-state index contributed by atoms with van der Waals surface area (Å²) in [6.45, 7) is 2.89. The minimum atomic E-state index is -0.780. The average Bonchev–Trinajstić information content (AvgIpc) is 2.83. The van der Waals surface area contributed by atoms with Crippen LogP contribution in [0.1, 0.15) is 30.1 Å². The van der Waals surface area contributed by atoms with Crippen molar-refractivity contribution in [2.45, 2.75) is 19.8 Å². The van der Waals surface area contributed by atoms with Crippen molar-refractivity contribution in [1.82, 2.24) is 0 Å². The summed E-state index contributed by atoms with van der Waals surface area (Å²) in [5.74, 6) is -1.28. The van der Waals surface area contributed by atoms with E-state index >= 15 is 0 Å². The molecule has 0 aromatic heterocycles. The summed E-state index contributed by atoms with van der Waals surface area (Å²) < 4.78 is 0.835. The summed E-state index contributed by atoms with van der Waals surface area (Å²) >= 11 is 3.37. The van der Waals surface area contributed by atoms with Crippen molar-refractivity contribution in [3.63, 3.8) is 0 Å². The lowest BCUT2D eigenvalue weighted by molar-refractivity contribution is -0.147. The van der Waals surface area contributed by atoms with Crippen LogP contribution in [0.5, 0.6) is 0 Å². The first-order chi connectivity index (χ1) is 9.39. The van der Waals surface area contributed by atoms with Crippen molar-refractivity contribution in [3.8, 4) is 0 Å². The fourth-order valence-electron chi connectivity index (χ4n) is 2.67. The number of nitrogens with zero attached hydrogens (tertiary/aromatic N) is 1. The summed E-state index contributed by atoms with van der Waals surface area (Å²) in [7, 11) is 0. The molecule has 5 nitrogen and oxygen atoms in total. The van der Waals surface area contributed by atoms with E-state index in [4.69, 9.17) is 5.73 Å². The zero-order valence-electron chi connectivity index (χ0n) is 11.2.